The maximum atomic E-state index is 12.1. The number of amides is 1. The summed E-state index contributed by atoms with van der Waals surface area (Å²) in [5.74, 6) is -1.02. The topological polar surface area (TPSA) is 111 Å². The summed E-state index contributed by atoms with van der Waals surface area (Å²) in [5, 5.41) is 18.4. The first kappa shape index (κ1) is 19.8. The zero-order valence-corrected chi connectivity index (χ0v) is 15.5. The van der Waals surface area contributed by atoms with Gasteiger partial charge in [-0.3, -0.25) is 19.7 Å². The van der Waals surface area contributed by atoms with E-state index in [1.165, 1.54) is 6.07 Å². The molecular weight excluding hydrogens is 374 g/mol. The summed E-state index contributed by atoms with van der Waals surface area (Å²) >= 11 is 0. The van der Waals surface area contributed by atoms with Crippen LogP contribution in [0.15, 0.2) is 66.7 Å². The highest BCUT2D eigenvalue weighted by molar-refractivity contribution is 6.02. The molecule has 1 amide bonds. The second kappa shape index (κ2) is 9.32. The van der Waals surface area contributed by atoms with Gasteiger partial charge in [-0.1, -0.05) is 48.5 Å². The fraction of sp³-hybridized carbons (Fsp3) is 0.143. The number of anilines is 2. The molecule has 29 heavy (non-hydrogen) atoms. The van der Waals surface area contributed by atoms with Crippen LogP contribution in [0.5, 0.6) is 0 Å². The van der Waals surface area contributed by atoms with Crippen molar-refractivity contribution in [1.82, 2.24) is 0 Å². The molecule has 3 rings (SSSR count). The first-order valence-corrected chi connectivity index (χ1v) is 8.95. The molecule has 0 bridgehead atoms. The molecule has 0 aromatic heterocycles. The number of carbonyl (C=O) groups excluding carboxylic acids is 2. The molecule has 0 saturated heterocycles. The van der Waals surface area contributed by atoms with Gasteiger partial charge in [-0.25, -0.2) is 0 Å². The van der Waals surface area contributed by atoms with E-state index >= 15 is 0 Å². The van der Waals surface area contributed by atoms with Gasteiger partial charge in [-0.15, -0.1) is 0 Å². The van der Waals surface area contributed by atoms with Gasteiger partial charge in [0, 0.05) is 23.7 Å². The van der Waals surface area contributed by atoms with Crippen molar-refractivity contribution in [2.24, 2.45) is 0 Å². The Kier molecular flexibility index (Phi) is 6.36. The average Bonchev–Trinajstić information content (AvgIpc) is 2.73. The average molecular weight is 393 g/mol. The van der Waals surface area contributed by atoms with Gasteiger partial charge in [-0.05, 0) is 17.5 Å². The Morgan fingerprint density at radius 2 is 1.62 bits per heavy atom. The van der Waals surface area contributed by atoms with Gasteiger partial charge in [0.25, 0.3) is 11.6 Å². The van der Waals surface area contributed by atoms with E-state index in [1.807, 2.05) is 36.4 Å². The molecule has 8 nitrogen and oxygen atoms in total. The Bertz CT molecular complexity index is 1050. The minimum atomic E-state index is -0.579. The second-order valence-corrected chi connectivity index (χ2v) is 6.19. The van der Waals surface area contributed by atoms with Crippen LogP contribution in [0.1, 0.15) is 6.42 Å². The Balaban J connectivity index is 1.46. The Labute approximate surface area is 166 Å². The van der Waals surface area contributed by atoms with Crippen LogP contribution in [-0.2, 0) is 14.3 Å². The molecular formula is C21H19N3O5. The number of benzene rings is 3. The minimum absolute atomic E-state index is 0.0341. The van der Waals surface area contributed by atoms with Gasteiger partial charge in [0.1, 0.15) is 5.69 Å². The molecule has 148 valence electrons. The standard InChI is InChI=1S/C21H19N3O5/c25-20(23-17-10-5-7-15-6-1-2-8-16(15)17)14-29-21(26)12-13-22-18-9-3-4-11-19(18)24(27)28/h1-11,22H,12-14H2,(H,23,25). The highest BCUT2D eigenvalue weighted by atomic mass is 16.6. The van der Waals surface area contributed by atoms with E-state index < -0.39 is 23.4 Å². The number of rotatable bonds is 8. The summed E-state index contributed by atoms with van der Waals surface area (Å²) in [7, 11) is 0. The normalized spacial score (nSPS) is 10.3. The van der Waals surface area contributed by atoms with Crippen molar-refractivity contribution in [3.05, 3.63) is 76.8 Å². The lowest BCUT2D eigenvalue weighted by Gasteiger charge is -2.10. The number of para-hydroxylation sites is 2. The highest BCUT2D eigenvalue weighted by Crippen LogP contribution is 2.23. The molecule has 0 radical (unpaired) electrons. The third kappa shape index (κ3) is 5.29. The molecule has 0 fully saturated rings. The lowest BCUT2D eigenvalue weighted by atomic mass is 10.1. The molecule has 8 heteroatoms. The smallest absolute Gasteiger partial charge is 0.308 e. The van der Waals surface area contributed by atoms with Gasteiger partial charge in [0.2, 0.25) is 0 Å². The van der Waals surface area contributed by atoms with E-state index in [0.29, 0.717) is 11.4 Å². The molecule has 0 atom stereocenters. The van der Waals surface area contributed by atoms with Crippen LogP contribution >= 0.6 is 0 Å². The SMILES string of the molecule is O=C(COC(=O)CCNc1ccccc1[N+](=O)[O-])Nc1cccc2ccccc12. The van der Waals surface area contributed by atoms with Crippen molar-refractivity contribution in [2.75, 3.05) is 23.8 Å². The Hall–Kier alpha value is -3.94. The Morgan fingerprint density at radius 3 is 2.45 bits per heavy atom. The first-order valence-electron chi connectivity index (χ1n) is 8.95. The Morgan fingerprint density at radius 1 is 0.931 bits per heavy atom. The highest BCUT2D eigenvalue weighted by Gasteiger charge is 2.13. The van der Waals surface area contributed by atoms with Crippen molar-refractivity contribution in [1.29, 1.82) is 0 Å². The molecule has 2 N–H and O–H groups in total. The lowest BCUT2D eigenvalue weighted by molar-refractivity contribution is -0.384. The number of carbonyl (C=O) groups is 2. The maximum Gasteiger partial charge on any atom is 0.308 e. The van der Waals surface area contributed by atoms with Gasteiger partial charge in [0.15, 0.2) is 6.61 Å². The number of nitro groups is 1. The van der Waals surface area contributed by atoms with Crippen LogP contribution in [0.2, 0.25) is 0 Å². The third-order valence-corrected chi connectivity index (χ3v) is 4.17. The summed E-state index contributed by atoms with van der Waals surface area (Å²) < 4.78 is 4.98. The van der Waals surface area contributed by atoms with Gasteiger partial charge in [-0.2, -0.15) is 0 Å². The fourth-order valence-electron chi connectivity index (χ4n) is 2.82. The summed E-state index contributed by atoms with van der Waals surface area (Å²) in [6.45, 7) is -0.262. The van der Waals surface area contributed by atoms with E-state index in [9.17, 15) is 19.7 Å². The van der Waals surface area contributed by atoms with E-state index in [-0.39, 0.29) is 18.7 Å². The van der Waals surface area contributed by atoms with Crippen molar-refractivity contribution in [3.63, 3.8) is 0 Å². The number of nitro benzene ring substituents is 1. The van der Waals surface area contributed by atoms with Crippen molar-refractivity contribution < 1.29 is 19.2 Å². The first-order chi connectivity index (χ1) is 14.0. The number of nitrogens with one attached hydrogen (secondary N) is 2. The number of nitrogens with zero attached hydrogens (tertiary/aromatic N) is 1. The maximum absolute atomic E-state index is 12.1. The molecule has 0 saturated carbocycles. The fourth-order valence-corrected chi connectivity index (χ4v) is 2.82. The van der Waals surface area contributed by atoms with Crippen molar-refractivity contribution >= 4 is 39.7 Å². The monoisotopic (exact) mass is 393 g/mol. The number of ether oxygens (including phenoxy) is 1. The number of hydrogen-bond donors (Lipinski definition) is 2. The molecule has 0 heterocycles. The predicted octanol–water partition coefficient (Wildman–Crippen LogP) is 3.73. The summed E-state index contributed by atoms with van der Waals surface area (Å²) in [5.41, 5.74) is 0.886. The van der Waals surface area contributed by atoms with Crippen LogP contribution in [0.4, 0.5) is 17.1 Å². The molecule has 0 aliphatic rings. The van der Waals surface area contributed by atoms with Crippen LogP contribution in [0.25, 0.3) is 10.8 Å². The number of fused-ring (bicyclic) bond motifs is 1. The largest absolute Gasteiger partial charge is 0.456 e. The number of hydrogen-bond acceptors (Lipinski definition) is 6. The molecule has 0 spiro atoms. The van der Waals surface area contributed by atoms with Crippen LogP contribution in [0.3, 0.4) is 0 Å². The van der Waals surface area contributed by atoms with E-state index in [4.69, 9.17) is 4.74 Å². The summed E-state index contributed by atoms with van der Waals surface area (Å²) in [6.07, 6.45) is -0.0341. The van der Waals surface area contributed by atoms with Crippen molar-refractivity contribution in [3.8, 4) is 0 Å². The van der Waals surface area contributed by atoms with Crippen LogP contribution in [-0.4, -0.2) is 30.0 Å². The second-order valence-electron chi connectivity index (χ2n) is 6.19. The summed E-state index contributed by atoms with van der Waals surface area (Å²) in [6, 6.07) is 19.3. The minimum Gasteiger partial charge on any atom is -0.456 e. The van der Waals surface area contributed by atoms with E-state index in [2.05, 4.69) is 10.6 Å². The third-order valence-electron chi connectivity index (χ3n) is 4.17. The molecule has 3 aromatic rings. The molecule has 0 unspecified atom stereocenters. The van der Waals surface area contributed by atoms with Gasteiger partial charge >= 0.3 is 5.97 Å². The molecule has 0 aliphatic heterocycles. The number of esters is 1. The van der Waals surface area contributed by atoms with Crippen molar-refractivity contribution in [2.45, 2.75) is 6.42 Å². The lowest BCUT2D eigenvalue weighted by Crippen LogP contribution is -2.22. The quantitative estimate of drug-likeness (QED) is 0.343. The van der Waals surface area contributed by atoms with Crippen LogP contribution in [0, 0.1) is 10.1 Å². The summed E-state index contributed by atoms with van der Waals surface area (Å²) in [4.78, 5) is 34.4. The zero-order chi connectivity index (χ0) is 20.6. The van der Waals surface area contributed by atoms with E-state index in [0.717, 1.165) is 10.8 Å². The van der Waals surface area contributed by atoms with Gasteiger partial charge < -0.3 is 15.4 Å². The van der Waals surface area contributed by atoms with Gasteiger partial charge in [0.05, 0.1) is 11.3 Å². The zero-order valence-electron chi connectivity index (χ0n) is 15.5. The molecule has 0 aliphatic carbocycles. The van der Waals surface area contributed by atoms with E-state index in [1.54, 1.807) is 24.3 Å². The molecule has 3 aromatic carbocycles. The van der Waals surface area contributed by atoms with Crippen LogP contribution < -0.4 is 10.6 Å². The predicted molar refractivity (Wildman–Crippen MR) is 110 cm³/mol.